The van der Waals surface area contributed by atoms with E-state index in [0.29, 0.717) is 34.1 Å². The number of nitrogens with one attached hydrogen (secondary N) is 1. The maximum absolute atomic E-state index is 12.6. The van der Waals surface area contributed by atoms with Gasteiger partial charge in [-0.3, -0.25) is 14.0 Å². The molecule has 0 bridgehead atoms. The van der Waals surface area contributed by atoms with Crippen LogP contribution in [-0.4, -0.2) is 22.4 Å². The van der Waals surface area contributed by atoms with Gasteiger partial charge < -0.3 is 14.8 Å². The number of ether oxygens (including phenoxy) is 2. The predicted molar refractivity (Wildman–Crippen MR) is 118 cm³/mol. The minimum atomic E-state index is -0.283. The summed E-state index contributed by atoms with van der Waals surface area (Å²) in [6.07, 6.45) is 1.71. The second-order valence-electron chi connectivity index (χ2n) is 6.99. The first-order chi connectivity index (χ1) is 15.0. The molecule has 0 aliphatic carbocycles. The van der Waals surface area contributed by atoms with Gasteiger partial charge in [-0.15, -0.1) is 0 Å². The van der Waals surface area contributed by atoms with Crippen LogP contribution in [-0.2, 0) is 6.61 Å². The van der Waals surface area contributed by atoms with Gasteiger partial charge in [0.05, 0.1) is 18.4 Å². The lowest BCUT2D eigenvalue weighted by Crippen LogP contribution is -2.16. The molecule has 0 unspecified atom stereocenters. The molecule has 4 aromatic rings. The van der Waals surface area contributed by atoms with Crippen molar-refractivity contribution in [2.45, 2.75) is 13.5 Å². The van der Waals surface area contributed by atoms with Crippen molar-refractivity contribution in [3.63, 3.8) is 0 Å². The molecule has 4 rings (SSSR count). The summed E-state index contributed by atoms with van der Waals surface area (Å²) in [4.78, 5) is 29.4. The van der Waals surface area contributed by atoms with E-state index in [1.165, 1.54) is 17.6 Å². The molecule has 2 heterocycles. The summed E-state index contributed by atoms with van der Waals surface area (Å²) in [5.41, 5.74) is 2.97. The van der Waals surface area contributed by atoms with Gasteiger partial charge in [0.15, 0.2) is 0 Å². The van der Waals surface area contributed by atoms with E-state index >= 15 is 0 Å². The highest BCUT2D eigenvalue weighted by molar-refractivity contribution is 6.06. The predicted octanol–water partition coefficient (Wildman–Crippen LogP) is 3.84. The molecule has 0 fully saturated rings. The van der Waals surface area contributed by atoms with Gasteiger partial charge in [-0.2, -0.15) is 0 Å². The number of rotatable bonds is 6. The largest absolute Gasteiger partial charge is 0.496 e. The third kappa shape index (κ3) is 4.56. The number of benzene rings is 2. The van der Waals surface area contributed by atoms with Crippen LogP contribution in [0.2, 0.25) is 0 Å². The number of aromatic nitrogens is 2. The summed E-state index contributed by atoms with van der Waals surface area (Å²) in [6.45, 7) is 2.07. The normalized spacial score (nSPS) is 10.6. The van der Waals surface area contributed by atoms with E-state index in [9.17, 15) is 9.59 Å². The van der Waals surface area contributed by atoms with Crippen LogP contribution >= 0.6 is 0 Å². The zero-order chi connectivity index (χ0) is 21.8. The van der Waals surface area contributed by atoms with E-state index in [-0.39, 0.29) is 18.1 Å². The molecule has 0 saturated carbocycles. The van der Waals surface area contributed by atoms with Gasteiger partial charge in [0.25, 0.3) is 11.5 Å². The highest BCUT2D eigenvalue weighted by Gasteiger charge is 2.12. The quantitative estimate of drug-likeness (QED) is 0.517. The summed E-state index contributed by atoms with van der Waals surface area (Å²) >= 11 is 0. The van der Waals surface area contributed by atoms with Crippen molar-refractivity contribution in [3.05, 3.63) is 100 Å². The number of hydrogen-bond acceptors (Lipinski definition) is 5. The van der Waals surface area contributed by atoms with Gasteiger partial charge >= 0.3 is 0 Å². The highest BCUT2D eigenvalue weighted by Crippen LogP contribution is 2.22. The Labute approximate surface area is 178 Å². The van der Waals surface area contributed by atoms with Gasteiger partial charge in [-0.1, -0.05) is 18.2 Å². The maximum Gasteiger partial charge on any atom is 0.259 e. The van der Waals surface area contributed by atoms with Crippen molar-refractivity contribution in [1.29, 1.82) is 0 Å². The van der Waals surface area contributed by atoms with E-state index < -0.39 is 0 Å². The fourth-order valence-electron chi connectivity index (χ4n) is 3.18. The van der Waals surface area contributed by atoms with E-state index in [2.05, 4.69) is 10.3 Å². The fourth-order valence-corrected chi connectivity index (χ4v) is 3.18. The molecule has 0 atom stereocenters. The lowest BCUT2D eigenvalue weighted by Gasteiger charge is -2.11. The molecule has 0 saturated heterocycles. The Morgan fingerprint density at radius 1 is 1.06 bits per heavy atom. The fraction of sp³-hybridized carbons (Fsp3) is 0.125. The van der Waals surface area contributed by atoms with Crippen LogP contribution in [0.15, 0.2) is 77.7 Å². The number of amides is 1. The van der Waals surface area contributed by atoms with E-state index in [1.54, 1.807) is 54.7 Å². The third-order valence-electron chi connectivity index (χ3n) is 4.71. The molecule has 31 heavy (non-hydrogen) atoms. The lowest BCUT2D eigenvalue weighted by atomic mass is 10.2. The molecule has 0 aliphatic heterocycles. The molecule has 7 heteroatoms. The molecule has 0 aliphatic rings. The first-order valence-corrected chi connectivity index (χ1v) is 9.70. The first kappa shape index (κ1) is 20.2. The minimum Gasteiger partial charge on any atom is -0.496 e. The zero-order valence-corrected chi connectivity index (χ0v) is 17.2. The molecule has 0 spiro atoms. The number of methoxy groups -OCH3 is 1. The zero-order valence-electron chi connectivity index (χ0n) is 17.2. The molecule has 156 valence electrons. The molecule has 2 aromatic carbocycles. The van der Waals surface area contributed by atoms with Gasteiger partial charge in [-0.05, 0) is 48.9 Å². The molecule has 0 radical (unpaired) electrons. The molecular weight excluding hydrogens is 394 g/mol. The van der Waals surface area contributed by atoms with Gasteiger partial charge in [-0.25, -0.2) is 4.98 Å². The van der Waals surface area contributed by atoms with Crippen LogP contribution in [0, 0.1) is 6.92 Å². The molecule has 7 nitrogen and oxygen atoms in total. The number of aryl methyl sites for hydroxylation is 1. The van der Waals surface area contributed by atoms with Gasteiger partial charge in [0.1, 0.15) is 23.8 Å². The third-order valence-corrected chi connectivity index (χ3v) is 4.71. The summed E-state index contributed by atoms with van der Waals surface area (Å²) in [5.74, 6) is 0.759. The number of carbonyl (C=O) groups is 1. The van der Waals surface area contributed by atoms with Crippen LogP contribution in [0.5, 0.6) is 11.5 Å². The van der Waals surface area contributed by atoms with Crippen LogP contribution < -0.4 is 20.3 Å². The standard InChI is InChI=1S/C24H21N3O4/c1-16-10-11-27-22(12-16)25-18(14-23(27)28)15-31-19-7-5-6-17(13-19)26-24(29)20-8-3-4-9-21(20)30-2/h3-14H,15H2,1-2H3,(H,26,29). The number of pyridine rings is 1. The van der Waals surface area contributed by atoms with E-state index in [0.717, 1.165) is 5.56 Å². The Balaban J connectivity index is 1.48. The number of anilines is 1. The number of fused-ring (bicyclic) bond motifs is 1. The Morgan fingerprint density at radius 3 is 2.74 bits per heavy atom. The number of nitrogens with zero attached hydrogens (tertiary/aromatic N) is 2. The number of hydrogen-bond donors (Lipinski definition) is 1. The van der Waals surface area contributed by atoms with Crippen molar-refractivity contribution in [2.24, 2.45) is 0 Å². The summed E-state index contributed by atoms with van der Waals surface area (Å²) in [6, 6.07) is 19.2. The highest BCUT2D eigenvalue weighted by atomic mass is 16.5. The summed E-state index contributed by atoms with van der Waals surface area (Å²) in [5, 5.41) is 2.84. The van der Waals surface area contributed by atoms with Crippen molar-refractivity contribution in [1.82, 2.24) is 9.38 Å². The van der Waals surface area contributed by atoms with Gasteiger partial charge in [0.2, 0.25) is 0 Å². The average molecular weight is 415 g/mol. The van der Waals surface area contributed by atoms with Crippen molar-refractivity contribution >= 4 is 17.2 Å². The number of para-hydroxylation sites is 1. The van der Waals surface area contributed by atoms with Crippen molar-refractivity contribution < 1.29 is 14.3 Å². The van der Waals surface area contributed by atoms with Crippen LogP contribution in [0.3, 0.4) is 0 Å². The Bertz CT molecular complexity index is 1310. The van der Waals surface area contributed by atoms with E-state index in [1.807, 2.05) is 19.1 Å². The first-order valence-electron chi connectivity index (χ1n) is 9.70. The Morgan fingerprint density at radius 2 is 1.90 bits per heavy atom. The molecule has 1 amide bonds. The van der Waals surface area contributed by atoms with Crippen LogP contribution in [0.1, 0.15) is 21.6 Å². The Kier molecular flexibility index (Phi) is 5.66. The average Bonchev–Trinajstić information content (AvgIpc) is 2.77. The summed E-state index contributed by atoms with van der Waals surface area (Å²) < 4.78 is 12.5. The molecule has 1 N–H and O–H groups in total. The Hall–Kier alpha value is -4.13. The summed E-state index contributed by atoms with van der Waals surface area (Å²) in [7, 11) is 1.52. The minimum absolute atomic E-state index is 0.129. The lowest BCUT2D eigenvalue weighted by molar-refractivity contribution is 0.102. The number of carbonyl (C=O) groups excluding carboxylic acids is 1. The smallest absolute Gasteiger partial charge is 0.259 e. The SMILES string of the molecule is COc1ccccc1C(=O)Nc1cccc(OCc2cc(=O)n3ccc(C)cc3n2)c1. The second-order valence-corrected chi connectivity index (χ2v) is 6.99. The monoisotopic (exact) mass is 415 g/mol. The van der Waals surface area contributed by atoms with E-state index in [4.69, 9.17) is 9.47 Å². The topological polar surface area (TPSA) is 81.9 Å². The van der Waals surface area contributed by atoms with Crippen LogP contribution in [0.25, 0.3) is 5.65 Å². The second kappa shape index (κ2) is 8.71. The van der Waals surface area contributed by atoms with Crippen molar-refractivity contribution in [2.75, 3.05) is 12.4 Å². The van der Waals surface area contributed by atoms with Crippen LogP contribution in [0.4, 0.5) is 5.69 Å². The maximum atomic E-state index is 12.6. The van der Waals surface area contributed by atoms with Crippen molar-refractivity contribution in [3.8, 4) is 11.5 Å². The van der Waals surface area contributed by atoms with Gasteiger partial charge in [0, 0.05) is 24.0 Å². The molecular formula is C24H21N3O4. The molecule has 2 aromatic heterocycles.